The van der Waals surface area contributed by atoms with E-state index in [4.69, 9.17) is 9.47 Å². The number of carbonyl (C=O) groups is 2. The van der Waals surface area contributed by atoms with Gasteiger partial charge < -0.3 is 14.8 Å². The number of nitrogens with zero attached hydrogens (tertiary/aromatic N) is 1. The smallest absolute Gasteiger partial charge is 0.309 e. The maximum absolute atomic E-state index is 12.4. The van der Waals surface area contributed by atoms with E-state index in [1.807, 2.05) is 32.0 Å². The van der Waals surface area contributed by atoms with Crippen LogP contribution in [-0.4, -0.2) is 51.9 Å². The molecule has 0 heterocycles. The minimum Gasteiger partial charge on any atom is -0.493 e. The van der Waals surface area contributed by atoms with Gasteiger partial charge in [0.1, 0.15) is 5.75 Å². The van der Waals surface area contributed by atoms with E-state index >= 15 is 0 Å². The highest BCUT2D eigenvalue weighted by molar-refractivity contribution is 7.89. The molecule has 8 nitrogen and oxygen atoms in total. The molecule has 0 unspecified atom stereocenters. The molecule has 0 aliphatic rings. The quantitative estimate of drug-likeness (QED) is 0.559. The highest BCUT2D eigenvalue weighted by atomic mass is 32.2. The van der Waals surface area contributed by atoms with Gasteiger partial charge in [-0.1, -0.05) is 30.3 Å². The van der Waals surface area contributed by atoms with Crippen LogP contribution in [0.25, 0.3) is 0 Å². The second kappa shape index (κ2) is 10.9. The fourth-order valence-electron chi connectivity index (χ4n) is 2.67. The van der Waals surface area contributed by atoms with Crippen LogP contribution in [0.5, 0.6) is 5.75 Å². The fraction of sp³-hybridized carbons (Fsp3) is 0.364. The van der Waals surface area contributed by atoms with E-state index in [1.54, 1.807) is 18.2 Å². The molecular weight excluding hydrogens is 420 g/mol. The van der Waals surface area contributed by atoms with Gasteiger partial charge in [-0.15, -0.1) is 0 Å². The van der Waals surface area contributed by atoms with Crippen LogP contribution in [0, 0.1) is 13.8 Å². The molecular formula is C22H28N2O6S. The lowest BCUT2D eigenvalue weighted by atomic mass is 10.1. The molecule has 0 aromatic heterocycles. The Morgan fingerprint density at radius 2 is 1.77 bits per heavy atom. The molecule has 0 spiro atoms. The predicted molar refractivity (Wildman–Crippen MR) is 116 cm³/mol. The van der Waals surface area contributed by atoms with Crippen molar-refractivity contribution < 1.29 is 27.5 Å². The third-order valence-electron chi connectivity index (χ3n) is 4.48. The third kappa shape index (κ3) is 7.08. The van der Waals surface area contributed by atoms with Gasteiger partial charge in [0, 0.05) is 20.6 Å². The Hall–Kier alpha value is -2.91. The summed E-state index contributed by atoms with van der Waals surface area (Å²) in [4.78, 5) is 24.0. The van der Waals surface area contributed by atoms with Crippen molar-refractivity contribution in [1.29, 1.82) is 0 Å². The van der Waals surface area contributed by atoms with Gasteiger partial charge in [-0.2, -0.15) is 0 Å². The Kier molecular flexibility index (Phi) is 8.58. The lowest BCUT2D eigenvalue weighted by molar-refractivity contribution is -0.149. The molecule has 0 saturated heterocycles. The van der Waals surface area contributed by atoms with Crippen LogP contribution in [0.2, 0.25) is 0 Å². The topological polar surface area (TPSA) is 102 Å². The Balaban J connectivity index is 1.79. The standard InChI is InChI=1S/C22H28N2O6S/c1-16-9-10-17(2)19(13-16)29-12-11-22(26)30-15-21(25)23-14-18-7-5-6-8-20(18)31(27,28)24(3)4/h5-10,13H,11-12,14-15H2,1-4H3,(H,23,25). The molecule has 0 fully saturated rings. The van der Waals surface area contributed by atoms with Gasteiger partial charge in [0.25, 0.3) is 5.91 Å². The Morgan fingerprint density at radius 1 is 1.06 bits per heavy atom. The van der Waals surface area contributed by atoms with Gasteiger partial charge in [0.15, 0.2) is 6.61 Å². The van der Waals surface area contributed by atoms with Crippen LogP contribution in [0.15, 0.2) is 47.4 Å². The summed E-state index contributed by atoms with van der Waals surface area (Å²) in [5.74, 6) is -0.381. The normalized spacial score (nSPS) is 11.3. The van der Waals surface area contributed by atoms with Crippen molar-refractivity contribution in [3.05, 3.63) is 59.2 Å². The Bertz CT molecular complexity index is 1030. The maximum Gasteiger partial charge on any atom is 0.309 e. The number of rotatable bonds is 10. The van der Waals surface area contributed by atoms with Gasteiger partial charge in [-0.25, -0.2) is 12.7 Å². The molecule has 0 saturated carbocycles. The lowest BCUT2D eigenvalue weighted by Crippen LogP contribution is -2.30. The van der Waals surface area contributed by atoms with Crippen molar-refractivity contribution in [2.45, 2.75) is 31.7 Å². The van der Waals surface area contributed by atoms with Crippen molar-refractivity contribution in [3.8, 4) is 5.75 Å². The van der Waals surface area contributed by atoms with E-state index in [1.165, 1.54) is 20.2 Å². The zero-order valence-corrected chi connectivity index (χ0v) is 19.0. The highest BCUT2D eigenvalue weighted by Crippen LogP contribution is 2.19. The number of aryl methyl sites for hydroxylation is 2. The number of ether oxygens (including phenoxy) is 2. The van der Waals surface area contributed by atoms with Gasteiger partial charge in [0.05, 0.1) is 17.9 Å². The first-order valence-electron chi connectivity index (χ1n) is 9.74. The average Bonchev–Trinajstić information content (AvgIpc) is 2.73. The van der Waals surface area contributed by atoms with E-state index in [-0.39, 0.29) is 24.5 Å². The predicted octanol–water partition coefficient (Wildman–Crippen LogP) is 2.18. The Labute approximate surface area is 183 Å². The zero-order valence-electron chi connectivity index (χ0n) is 18.2. The summed E-state index contributed by atoms with van der Waals surface area (Å²) in [5.41, 5.74) is 2.47. The average molecular weight is 449 g/mol. The molecule has 0 aliphatic heterocycles. The van der Waals surface area contributed by atoms with Crippen LogP contribution < -0.4 is 10.1 Å². The molecule has 168 valence electrons. The van der Waals surface area contributed by atoms with Crippen LogP contribution in [0.1, 0.15) is 23.1 Å². The maximum atomic E-state index is 12.4. The summed E-state index contributed by atoms with van der Waals surface area (Å²) in [6, 6.07) is 12.2. The number of hydrogen-bond donors (Lipinski definition) is 1. The largest absolute Gasteiger partial charge is 0.493 e. The highest BCUT2D eigenvalue weighted by Gasteiger charge is 2.21. The van der Waals surface area contributed by atoms with E-state index in [0.717, 1.165) is 15.4 Å². The van der Waals surface area contributed by atoms with E-state index < -0.39 is 28.5 Å². The van der Waals surface area contributed by atoms with Gasteiger partial charge in [-0.3, -0.25) is 9.59 Å². The van der Waals surface area contributed by atoms with Crippen LogP contribution in [0.3, 0.4) is 0 Å². The fourth-order valence-corrected chi connectivity index (χ4v) is 3.78. The van der Waals surface area contributed by atoms with Crippen molar-refractivity contribution in [2.24, 2.45) is 0 Å². The minimum atomic E-state index is -3.64. The molecule has 0 aliphatic carbocycles. The summed E-state index contributed by atoms with van der Waals surface area (Å²) >= 11 is 0. The lowest BCUT2D eigenvalue weighted by Gasteiger charge is -2.15. The monoisotopic (exact) mass is 448 g/mol. The first kappa shape index (κ1) is 24.4. The zero-order chi connectivity index (χ0) is 23.0. The number of nitrogens with one attached hydrogen (secondary N) is 1. The van der Waals surface area contributed by atoms with Crippen molar-refractivity contribution in [2.75, 3.05) is 27.3 Å². The first-order valence-corrected chi connectivity index (χ1v) is 11.2. The van der Waals surface area contributed by atoms with Crippen molar-refractivity contribution in [3.63, 3.8) is 0 Å². The van der Waals surface area contributed by atoms with Crippen LogP contribution in [0.4, 0.5) is 0 Å². The number of hydrogen-bond acceptors (Lipinski definition) is 6. The first-order chi connectivity index (χ1) is 14.6. The minimum absolute atomic E-state index is 0.00454. The summed E-state index contributed by atoms with van der Waals surface area (Å²) in [7, 11) is -0.760. The van der Waals surface area contributed by atoms with Gasteiger partial charge >= 0.3 is 5.97 Å². The van der Waals surface area contributed by atoms with Crippen molar-refractivity contribution in [1.82, 2.24) is 9.62 Å². The number of sulfonamides is 1. The molecule has 31 heavy (non-hydrogen) atoms. The van der Waals surface area contributed by atoms with Crippen LogP contribution in [-0.2, 0) is 30.9 Å². The van der Waals surface area contributed by atoms with Crippen molar-refractivity contribution >= 4 is 21.9 Å². The molecule has 2 aromatic carbocycles. The summed E-state index contributed by atoms with van der Waals surface area (Å²) < 4.78 is 36.4. The van der Waals surface area contributed by atoms with Crippen LogP contribution >= 0.6 is 0 Å². The SMILES string of the molecule is Cc1ccc(C)c(OCCC(=O)OCC(=O)NCc2ccccc2S(=O)(=O)N(C)C)c1. The second-order valence-electron chi connectivity index (χ2n) is 7.20. The van der Waals surface area contributed by atoms with E-state index in [2.05, 4.69) is 5.32 Å². The molecule has 0 atom stereocenters. The summed E-state index contributed by atoms with van der Waals surface area (Å²) in [6.07, 6.45) is 0.00454. The molecule has 2 aromatic rings. The molecule has 0 bridgehead atoms. The van der Waals surface area contributed by atoms with E-state index in [9.17, 15) is 18.0 Å². The molecule has 1 N–H and O–H groups in total. The summed E-state index contributed by atoms with van der Waals surface area (Å²) in [6.45, 7) is 3.55. The van der Waals surface area contributed by atoms with Gasteiger partial charge in [0.2, 0.25) is 10.0 Å². The molecule has 2 rings (SSSR count). The Morgan fingerprint density at radius 3 is 2.48 bits per heavy atom. The number of esters is 1. The summed E-state index contributed by atoms with van der Waals surface area (Å²) in [5, 5.41) is 2.57. The van der Waals surface area contributed by atoms with Gasteiger partial charge in [-0.05, 0) is 42.7 Å². The molecule has 0 radical (unpaired) electrons. The number of carbonyl (C=O) groups excluding carboxylic acids is 2. The third-order valence-corrected chi connectivity index (χ3v) is 6.39. The number of benzene rings is 2. The molecule has 1 amide bonds. The second-order valence-corrected chi connectivity index (χ2v) is 9.32. The van der Waals surface area contributed by atoms with E-state index in [0.29, 0.717) is 11.3 Å². The number of amides is 1. The molecule has 9 heteroatoms.